The molecule has 1 aliphatic heterocycles. The van der Waals surface area contributed by atoms with Gasteiger partial charge in [-0.25, -0.2) is 8.42 Å². The summed E-state index contributed by atoms with van der Waals surface area (Å²) in [5.74, 6) is 0. The van der Waals surface area contributed by atoms with Crippen LogP contribution < -0.4 is 4.72 Å². The maximum absolute atomic E-state index is 12.0. The summed E-state index contributed by atoms with van der Waals surface area (Å²) in [5, 5.41) is 10.6. The first-order valence-electron chi connectivity index (χ1n) is 6.54. The molecule has 1 saturated heterocycles. The molecule has 0 bridgehead atoms. The van der Waals surface area contributed by atoms with Gasteiger partial charge in [-0.2, -0.15) is 10.1 Å². The lowest BCUT2D eigenvalue weighted by Crippen LogP contribution is -2.33. The summed E-state index contributed by atoms with van der Waals surface area (Å²) in [6, 6.07) is 8.59. The number of sulfonamides is 1. The van der Waals surface area contributed by atoms with Crippen molar-refractivity contribution in [2.45, 2.75) is 12.8 Å². The van der Waals surface area contributed by atoms with E-state index in [2.05, 4.69) is 14.4 Å². The van der Waals surface area contributed by atoms with Gasteiger partial charge in [0.2, 0.25) is 0 Å². The number of hydrogen-bond acceptors (Lipinski definition) is 7. The van der Waals surface area contributed by atoms with E-state index >= 15 is 0 Å². The number of piperidine rings is 1. The molecule has 1 aliphatic rings. The van der Waals surface area contributed by atoms with Crippen LogP contribution in [0.5, 0.6) is 0 Å². The summed E-state index contributed by atoms with van der Waals surface area (Å²) in [7, 11) is -3.58. The predicted octanol–water partition coefficient (Wildman–Crippen LogP) is 1.95. The van der Waals surface area contributed by atoms with Gasteiger partial charge >= 0.3 is 6.16 Å². The molecule has 0 spiro atoms. The van der Waals surface area contributed by atoms with Crippen molar-refractivity contribution in [2.75, 3.05) is 17.8 Å². The number of nitrogens with one attached hydrogen (secondary N) is 1. The average Bonchev–Trinajstić information content (AvgIpc) is 2.49. The number of hydroxylamine groups is 2. The molecule has 120 valence electrons. The van der Waals surface area contributed by atoms with Crippen molar-refractivity contribution in [1.29, 1.82) is 0 Å². The van der Waals surface area contributed by atoms with Crippen molar-refractivity contribution in [3.8, 4) is 0 Å². The van der Waals surface area contributed by atoms with Gasteiger partial charge in [-0.1, -0.05) is 23.8 Å². The summed E-state index contributed by atoms with van der Waals surface area (Å²) >= 11 is 0. The molecule has 0 radical (unpaired) electrons. The van der Waals surface area contributed by atoms with Gasteiger partial charge in [0.15, 0.2) is 0 Å². The van der Waals surface area contributed by atoms with E-state index in [-0.39, 0.29) is 0 Å². The second-order valence-corrected chi connectivity index (χ2v) is 6.18. The molecule has 2 N–H and O–H groups in total. The Balaban J connectivity index is 1.92. The molecule has 0 aromatic heterocycles. The fourth-order valence-corrected chi connectivity index (χ4v) is 3.22. The number of nitrogens with zero attached hydrogens (tertiary/aromatic N) is 1. The van der Waals surface area contributed by atoms with E-state index in [9.17, 15) is 13.2 Å². The van der Waals surface area contributed by atoms with E-state index in [0.717, 1.165) is 5.57 Å². The van der Waals surface area contributed by atoms with Crippen molar-refractivity contribution in [2.24, 2.45) is 0 Å². The van der Waals surface area contributed by atoms with Crippen molar-refractivity contribution in [3.05, 3.63) is 41.3 Å². The first kappa shape index (κ1) is 16.3. The van der Waals surface area contributed by atoms with Gasteiger partial charge in [-0.05, 0) is 25.0 Å². The average molecular weight is 328 g/mol. The van der Waals surface area contributed by atoms with Gasteiger partial charge in [-0.3, -0.25) is 9.61 Å². The fraction of sp³-hybridized carbons (Fsp3) is 0.308. The van der Waals surface area contributed by atoms with Crippen molar-refractivity contribution < 1.29 is 28.2 Å². The number of anilines is 1. The normalized spacial score (nSPS) is 16.0. The zero-order chi connectivity index (χ0) is 16.0. The number of carbonyl (C=O) groups excluding carboxylic acids is 1. The predicted molar refractivity (Wildman–Crippen MR) is 78.1 cm³/mol. The Labute approximate surface area is 127 Å². The third kappa shape index (κ3) is 5.02. The minimum absolute atomic E-state index is 0.321. The van der Waals surface area contributed by atoms with Crippen molar-refractivity contribution in [3.63, 3.8) is 0 Å². The number of rotatable bonds is 4. The number of benzene rings is 1. The lowest BCUT2D eigenvalue weighted by Gasteiger charge is -2.25. The molecule has 0 atom stereocenters. The molecule has 0 unspecified atom stereocenters. The molecule has 1 aromatic carbocycles. The molecule has 0 amide bonds. The maximum Gasteiger partial charge on any atom is 0.560 e. The Morgan fingerprint density at radius 3 is 2.45 bits per heavy atom. The minimum atomic E-state index is -3.58. The SMILES string of the molecule is O=C(OO)ON1CCC(=CS(=O)(=O)Nc2ccccc2)CC1. The smallest absolute Gasteiger partial charge is 0.333 e. The quantitative estimate of drug-likeness (QED) is 0.643. The summed E-state index contributed by atoms with van der Waals surface area (Å²) in [6.07, 6.45) is -0.367. The van der Waals surface area contributed by atoms with Crippen LogP contribution in [0, 0.1) is 0 Å². The van der Waals surface area contributed by atoms with Gasteiger partial charge < -0.3 is 4.84 Å². The van der Waals surface area contributed by atoms with Crippen LogP contribution in [0.15, 0.2) is 41.3 Å². The van der Waals surface area contributed by atoms with E-state index in [0.29, 0.717) is 31.6 Å². The second-order valence-electron chi connectivity index (χ2n) is 4.65. The highest BCUT2D eigenvalue weighted by atomic mass is 32.2. The molecular formula is C13H16N2O6S. The van der Waals surface area contributed by atoms with E-state index in [1.54, 1.807) is 30.3 Å². The van der Waals surface area contributed by atoms with Crippen LogP contribution in [0.1, 0.15) is 12.8 Å². The van der Waals surface area contributed by atoms with Gasteiger partial charge in [0, 0.05) is 18.8 Å². The topological polar surface area (TPSA) is 105 Å². The first-order chi connectivity index (χ1) is 10.5. The Hall–Kier alpha value is -2.10. The van der Waals surface area contributed by atoms with E-state index in [1.807, 2.05) is 0 Å². The van der Waals surface area contributed by atoms with E-state index < -0.39 is 16.2 Å². The van der Waals surface area contributed by atoms with E-state index in [4.69, 9.17) is 5.26 Å². The molecule has 0 aliphatic carbocycles. The molecule has 8 nitrogen and oxygen atoms in total. The maximum atomic E-state index is 12.0. The zero-order valence-corrected chi connectivity index (χ0v) is 12.5. The van der Waals surface area contributed by atoms with Gasteiger partial charge in [0.25, 0.3) is 10.0 Å². The molecule has 1 aromatic rings. The first-order valence-corrected chi connectivity index (χ1v) is 8.09. The number of carbonyl (C=O) groups is 1. The van der Waals surface area contributed by atoms with Crippen LogP contribution in [0.25, 0.3) is 0 Å². The second kappa shape index (κ2) is 7.25. The number of para-hydroxylation sites is 1. The van der Waals surface area contributed by atoms with Gasteiger partial charge in [0.1, 0.15) is 0 Å². The summed E-state index contributed by atoms with van der Waals surface area (Å²) in [6.45, 7) is 0.642. The highest BCUT2D eigenvalue weighted by Gasteiger charge is 2.20. The van der Waals surface area contributed by atoms with Crippen molar-refractivity contribution >= 4 is 21.9 Å². The molecule has 1 heterocycles. The molecule has 2 rings (SSSR count). The summed E-state index contributed by atoms with van der Waals surface area (Å²) in [4.78, 5) is 18.8. The molecular weight excluding hydrogens is 312 g/mol. The Kier molecular flexibility index (Phi) is 5.36. The molecule has 9 heteroatoms. The third-order valence-electron chi connectivity index (χ3n) is 3.00. The lowest BCUT2D eigenvalue weighted by atomic mass is 10.1. The fourth-order valence-electron chi connectivity index (χ4n) is 2.02. The Bertz CT molecular complexity index is 634. The molecule has 22 heavy (non-hydrogen) atoms. The standard InChI is InChI=1S/C13H16N2O6S/c16-13(21-17)20-15-8-6-11(7-9-15)10-22(18,19)14-12-4-2-1-3-5-12/h1-5,10,14,17H,6-9H2. The van der Waals surface area contributed by atoms with Crippen LogP contribution in [0.3, 0.4) is 0 Å². The third-order valence-corrected chi connectivity index (χ3v) is 4.16. The van der Waals surface area contributed by atoms with Crippen LogP contribution in [0.4, 0.5) is 10.5 Å². The highest BCUT2D eigenvalue weighted by molar-refractivity contribution is 7.95. The largest absolute Gasteiger partial charge is 0.560 e. The Morgan fingerprint density at radius 1 is 1.23 bits per heavy atom. The number of hydrogen-bond donors (Lipinski definition) is 2. The van der Waals surface area contributed by atoms with Gasteiger partial charge in [0.05, 0.1) is 5.41 Å². The summed E-state index contributed by atoms with van der Waals surface area (Å²) in [5.41, 5.74) is 1.21. The summed E-state index contributed by atoms with van der Waals surface area (Å²) < 4.78 is 26.5. The monoisotopic (exact) mass is 328 g/mol. The molecule has 0 saturated carbocycles. The van der Waals surface area contributed by atoms with E-state index in [1.165, 1.54) is 10.5 Å². The lowest BCUT2D eigenvalue weighted by molar-refractivity contribution is -0.238. The van der Waals surface area contributed by atoms with Crippen LogP contribution >= 0.6 is 0 Å². The van der Waals surface area contributed by atoms with Crippen LogP contribution in [-0.4, -0.2) is 38.0 Å². The molecule has 1 fully saturated rings. The Morgan fingerprint density at radius 2 is 1.86 bits per heavy atom. The van der Waals surface area contributed by atoms with Crippen molar-refractivity contribution in [1.82, 2.24) is 5.06 Å². The highest BCUT2D eigenvalue weighted by Crippen LogP contribution is 2.19. The van der Waals surface area contributed by atoms with Crippen LogP contribution in [-0.2, 0) is 19.7 Å². The zero-order valence-electron chi connectivity index (χ0n) is 11.6. The minimum Gasteiger partial charge on any atom is -0.333 e. The van der Waals surface area contributed by atoms with Crippen LogP contribution in [0.2, 0.25) is 0 Å². The van der Waals surface area contributed by atoms with Gasteiger partial charge in [-0.15, -0.1) is 5.06 Å².